The van der Waals surface area contributed by atoms with E-state index in [1.165, 1.54) is 0 Å². The minimum atomic E-state index is -0.727. The maximum Gasteiger partial charge on any atom is 0.271 e. The van der Waals surface area contributed by atoms with Gasteiger partial charge in [-0.25, -0.2) is 15.0 Å². The highest BCUT2D eigenvalue weighted by Crippen LogP contribution is 2.40. The van der Waals surface area contributed by atoms with Crippen LogP contribution in [0.1, 0.15) is 35.9 Å². The van der Waals surface area contributed by atoms with E-state index in [9.17, 15) is 9.90 Å². The van der Waals surface area contributed by atoms with Crippen LogP contribution in [0.5, 0.6) is 5.75 Å². The molecule has 0 aliphatic carbocycles. The Balaban J connectivity index is 1.24. The van der Waals surface area contributed by atoms with Crippen molar-refractivity contribution in [1.82, 2.24) is 15.0 Å². The largest absolute Gasteiger partial charge is 0.489 e. The highest BCUT2D eigenvalue weighted by molar-refractivity contribution is 5.96. The number of piperazine rings is 1. The van der Waals surface area contributed by atoms with E-state index in [4.69, 9.17) is 20.2 Å². The first-order valence-corrected chi connectivity index (χ1v) is 13.7. The number of β-amino-alcohol motifs (C(OH)–C–C–N with tert-alkyl or cyclic N) is 1. The molecule has 12 nitrogen and oxygen atoms in total. The van der Waals surface area contributed by atoms with E-state index < -0.39 is 12.1 Å². The molecule has 0 bridgehead atoms. The number of amides is 1. The van der Waals surface area contributed by atoms with E-state index in [0.29, 0.717) is 62.3 Å². The lowest BCUT2D eigenvalue weighted by molar-refractivity contribution is 0.0903. The van der Waals surface area contributed by atoms with Crippen LogP contribution in [0.15, 0.2) is 42.6 Å². The topological polar surface area (TPSA) is 151 Å². The monoisotopic (exact) mass is 546 g/mol. The Morgan fingerprint density at radius 2 is 2.00 bits per heavy atom. The fourth-order valence-electron chi connectivity index (χ4n) is 5.53. The maximum absolute atomic E-state index is 12.3. The van der Waals surface area contributed by atoms with Gasteiger partial charge >= 0.3 is 0 Å². The number of carbonyl (C=O) groups is 1. The molecule has 0 spiro atoms. The Morgan fingerprint density at radius 3 is 2.75 bits per heavy atom. The fraction of sp³-hybridized carbons (Fsp3) is 0.429. The van der Waals surface area contributed by atoms with Gasteiger partial charge in [0.05, 0.1) is 24.0 Å². The average molecular weight is 547 g/mol. The standard InChI is InChI=1S/C28H34N8O4/c1-2-20-27(31-17-8-11-39-12-9-17)34-28(25(33-20)26(29)38)32-18-6-7-21-22(13-18)40-16-19-14-35(15-24(37)36(19)21)23-5-3-4-10-30-23/h3-7,10,13,17,19,24,37H,2,8-9,11-12,14-16H2,1H3,(H2,29,38)(H2,31,32,34). The van der Waals surface area contributed by atoms with Gasteiger partial charge in [-0.3, -0.25) is 4.79 Å². The lowest BCUT2D eigenvalue weighted by Gasteiger charge is -2.48. The second kappa shape index (κ2) is 11.1. The zero-order chi connectivity index (χ0) is 27.6. The number of carbonyl (C=O) groups excluding carboxylic acids is 1. The molecule has 0 radical (unpaired) electrons. The zero-order valence-corrected chi connectivity index (χ0v) is 22.4. The summed E-state index contributed by atoms with van der Waals surface area (Å²) in [6.45, 7) is 4.87. The van der Waals surface area contributed by atoms with Gasteiger partial charge in [-0.2, -0.15) is 0 Å². The number of pyridine rings is 1. The smallest absolute Gasteiger partial charge is 0.271 e. The maximum atomic E-state index is 12.3. The Hall–Kier alpha value is -4.16. The highest BCUT2D eigenvalue weighted by Gasteiger charge is 2.38. The van der Waals surface area contributed by atoms with Gasteiger partial charge in [0.2, 0.25) is 0 Å². The molecule has 2 aromatic heterocycles. The van der Waals surface area contributed by atoms with E-state index in [2.05, 4.69) is 25.5 Å². The molecule has 40 heavy (non-hydrogen) atoms. The van der Waals surface area contributed by atoms with Gasteiger partial charge in [0, 0.05) is 43.8 Å². The van der Waals surface area contributed by atoms with Crippen molar-refractivity contribution < 1.29 is 19.4 Å². The second-order valence-electron chi connectivity index (χ2n) is 10.2. The summed E-state index contributed by atoms with van der Waals surface area (Å²) in [7, 11) is 0. The minimum Gasteiger partial charge on any atom is -0.489 e. The molecule has 3 aromatic rings. The lowest BCUT2D eigenvalue weighted by Crippen LogP contribution is -2.62. The lowest BCUT2D eigenvalue weighted by atomic mass is 10.1. The van der Waals surface area contributed by atoms with Crippen molar-refractivity contribution in [2.45, 2.75) is 44.5 Å². The summed E-state index contributed by atoms with van der Waals surface area (Å²) in [5, 5.41) is 17.8. The molecule has 1 aromatic carbocycles. The summed E-state index contributed by atoms with van der Waals surface area (Å²) >= 11 is 0. The zero-order valence-electron chi connectivity index (χ0n) is 22.4. The van der Waals surface area contributed by atoms with E-state index in [0.717, 1.165) is 24.3 Å². The van der Waals surface area contributed by atoms with Crippen LogP contribution in [0.2, 0.25) is 0 Å². The van der Waals surface area contributed by atoms with E-state index in [1.807, 2.05) is 48.2 Å². The molecule has 2 atom stereocenters. The minimum absolute atomic E-state index is 0.0372. The van der Waals surface area contributed by atoms with E-state index in [-0.39, 0.29) is 23.6 Å². The first-order valence-electron chi connectivity index (χ1n) is 13.7. The third-order valence-electron chi connectivity index (χ3n) is 7.53. The first-order chi connectivity index (χ1) is 19.5. The van der Waals surface area contributed by atoms with Crippen LogP contribution in [0, 0.1) is 0 Å². The van der Waals surface area contributed by atoms with Gasteiger partial charge < -0.3 is 40.7 Å². The quantitative estimate of drug-likeness (QED) is 0.345. The van der Waals surface area contributed by atoms with Gasteiger partial charge in [0.1, 0.15) is 24.4 Å². The van der Waals surface area contributed by atoms with Crippen LogP contribution in [0.4, 0.5) is 28.8 Å². The molecule has 0 saturated carbocycles. The number of anilines is 5. The number of nitrogens with two attached hydrogens (primary N) is 1. The molecule has 6 rings (SSSR count). The molecule has 210 valence electrons. The molecule has 12 heteroatoms. The molecule has 3 aliphatic rings. The predicted molar refractivity (Wildman–Crippen MR) is 151 cm³/mol. The molecular weight excluding hydrogens is 512 g/mol. The van der Waals surface area contributed by atoms with Gasteiger partial charge in [0.25, 0.3) is 5.91 Å². The van der Waals surface area contributed by atoms with Gasteiger partial charge in [0.15, 0.2) is 17.3 Å². The predicted octanol–water partition coefficient (Wildman–Crippen LogP) is 2.27. The normalized spacial score (nSPS) is 20.8. The molecule has 3 aliphatic heterocycles. The molecule has 2 fully saturated rings. The number of benzene rings is 1. The van der Waals surface area contributed by atoms with Crippen molar-refractivity contribution >= 4 is 34.7 Å². The molecule has 2 unspecified atom stereocenters. The number of ether oxygens (including phenoxy) is 2. The number of aryl methyl sites for hydroxylation is 1. The van der Waals surface area contributed by atoms with Crippen LogP contribution < -0.4 is 30.9 Å². The average Bonchev–Trinajstić information content (AvgIpc) is 2.97. The number of fused-ring (bicyclic) bond motifs is 3. The van der Waals surface area contributed by atoms with Gasteiger partial charge in [-0.05, 0) is 43.5 Å². The van der Waals surface area contributed by atoms with Crippen molar-refractivity contribution in [1.29, 1.82) is 0 Å². The van der Waals surface area contributed by atoms with Crippen molar-refractivity contribution in [2.75, 3.05) is 53.3 Å². The van der Waals surface area contributed by atoms with Crippen LogP contribution in [0.25, 0.3) is 0 Å². The number of nitrogens with one attached hydrogen (secondary N) is 2. The van der Waals surface area contributed by atoms with Crippen LogP contribution >= 0.6 is 0 Å². The molecule has 5 N–H and O–H groups in total. The molecule has 5 heterocycles. The molecular formula is C28H34N8O4. The number of rotatable bonds is 7. The first kappa shape index (κ1) is 26.1. The SMILES string of the molecule is CCc1nc(C(N)=O)c(Nc2ccc3c(c2)OCC2CN(c4ccccn4)CC(O)N32)nc1NC1CCOCC1. The third-order valence-corrected chi connectivity index (χ3v) is 7.53. The fourth-order valence-corrected chi connectivity index (χ4v) is 5.53. The Labute approximate surface area is 232 Å². The van der Waals surface area contributed by atoms with Crippen LogP contribution in [-0.2, 0) is 11.2 Å². The van der Waals surface area contributed by atoms with Gasteiger partial charge in [-0.15, -0.1) is 0 Å². The number of hydrogen-bond acceptors (Lipinski definition) is 11. The molecule has 1 amide bonds. The summed E-state index contributed by atoms with van der Waals surface area (Å²) in [6.07, 6.45) is 3.37. The number of primary amides is 1. The number of nitrogens with zero attached hydrogens (tertiary/aromatic N) is 5. The van der Waals surface area contributed by atoms with Crippen molar-refractivity contribution in [3.05, 3.63) is 54.0 Å². The number of hydrogen-bond donors (Lipinski definition) is 4. The van der Waals surface area contributed by atoms with Crippen molar-refractivity contribution in [3.63, 3.8) is 0 Å². The Kier molecular flexibility index (Phi) is 7.27. The van der Waals surface area contributed by atoms with Gasteiger partial charge in [-0.1, -0.05) is 13.0 Å². The number of aromatic nitrogens is 3. The summed E-state index contributed by atoms with van der Waals surface area (Å²) in [5.41, 5.74) is 7.92. The molecule has 2 saturated heterocycles. The Morgan fingerprint density at radius 1 is 1.15 bits per heavy atom. The number of aliphatic hydroxyl groups is 1. The summed E-state index contributed by atoms with van der Waals surface area (Å²) in [4.78, 5) is 30.1. The van der Waals surface area contributed by atoms with Crippen LogP contribution in [0.3, 0.4) is 0 Å². The summed E-state index contributed by atoms with van der Waals surface area (Å²) < 4.78 is 11.6. The summed E-state index contributed by atoms with van der Waals surface area (Å²) in [6, 6.07) is 11.6. The Bertz CT molecular complexity index is 1370. The summed E-state index contributed by atoms with van der Waals surface area (Å²) in [5.74, 6) is 1.71. The van der Waals surface area contributed by atoms with Crippen molar-refractivity contribution in [2.24, 2.45) is 5.73 Å². The highest BCUT2D eigenvalue weighted by atomic mass is 16.5. The number of aliphatic hydroxyl groups excluding tert-OH is 1. The van der Waals surface area contributed by atoms with Crippen molar-refractivity contribution in [3.8, 4) is 5.75 Å². The van der Waals surface area contributed by atoms with E-state index >= 15 is 0 Å². The third kappa shape index (κ3) is 5.19. The van der Waals surface area contributed by atoms with E-state index in [1.54, 1.807) is 6.20 Å². The van der Waals surface area contributed by atoms with Crippen LogP contribution in [-0.4, -0.2) is 77.2 Å². The second-order valence-corrected chi connectivity index (χ2v) is 10.2.